The lowest BCUT2D eigenvalue weighted by Gasteiger charge is -2.34. The summed E-state index contributed by atoms with van der Waals surface area (Å²) in [6.45, 7) is 2.05. The van der Waals surface area contributed by atoms with Crippen LogP contribution in [0.5, 0.6) is 0 Å². The molecule has 2 heterocycles. The Kier molecular flexibility index (Phi) is 5.65. The zero-order chi connectivity index (χ0) is 21.1. The first-order chi connectivity index (χ1) is 14.5. The molecule has 30 heavy (non-hydrogen) atoms. The van der Waals surface area contributed by atoms with E-state index in [1.54, 1.807) is 16.0 Å². The molecule has 0 radical (unpaired) electrons. The van der Waals surface area contributed by atoms with E-state index in [9.17, 15) is 14.4 Å². The second-order valence-electron chi connectivity index (χ2n) is 7.69. The lowest BCUT2D eigenvalue weighted by Crippen LogP contribution is -2.44. The third-order valence-electron chi connectivity index (χ3n) is 5.75. The highest BCUT2D eigenvalue weighted by Gasteiger charge is 2.37. The first-order valence-electron chi connectivity index (χ1n) is 10.3. The molecule has 1 N–H and O–H groups in total. The minimum Gasteiger partial charge on any atom is -0.331 e. The summed E-state index contributed by atoms with van der Waals surface area (Å²) in [5.41, 5.74) is 2.68. The molecule has 2 aliphatic heterocycles. The van der Waals surface area contributed by atoms with Gasteiger partial charge in [0.15, 0.2) is 0 Å². The quantitative estimate of drug-likeness (QED) is 0.848. The molecule has 6 nitrogen and oxygen atoms in total. The molecule has 0 spiro atoms. The van der Waals surface area contributed by atoms with Crippen molar-refractivity contribution in [2.45, 2.75) is 38.3 Å². The van der Waals surface area contributed by atoms with Crippen LogP contribution in [0.25, 0.3) is 6.08 Å². The number of amides is 3. The zero-order valence-electron chi connectivity index (χ0n) is 17.0. The van der Waals surface area contributed by atoms with Gasteiger partial charge in [-0.2, -0.15) is 0 Å². The van der Waals surface area contributed by atoms with Crippen LogP contribution < -0.4 is 5.32 Å². The van der Waals surface area contributed by atoms with Gasteiger partial charge >= 0.3 is 0 Å². The fourth-order valence-electron chi connectivity index (χ4n) is 4.28. The van der Waals surface area contributed by atoms with Crippen LogP contribution in [-0.4, -0.2) is 40.1 Å². The van der Waals surface area contributed by atoms with Crippen molar-refractivity contribution in [1.82, 2.24) is 9.80 Å². The van der Waals surface area contributed by atoms with Gasteiger partial charge in [-0.1, -0.05) is 42.5 Å². The molecule has 0 aromatic heterocycles. The minimum atomic E-state index is -0.488. The van der Waals surface area contributed by atoms with Crippen molar-refractivity contribution in [1.29, 1.82) is 0 Å². The van der Waals surface area contributed by atoms with E-state index >= 15 is 0 Å². The van der Waals surface area contributed by atoms with Gasteiger partial charge in [0.05, 0.1) is 12.5 Å². The third kappa shape index (κ3) is 3.99. The van der Waals surface area contributed by atoms with E-state index in [1.807, 2.05) is 60.7 Å². The maximum atomic E-state index is 13.2. The minimum absolute atomic E-state index is 0.109. The highest BCUT2D eigenvalue weighted by molar-refractivity contribution is 5.97. The second kappa shape index (κ2) is 8.53. The Morgan fingerprint density at radius 1 is 1.03 bits per heavy atom. The van der Waals surface area contributed by atoms with Crippen molar-refractivity contribution >= 4 is 29.5 Å². The summed E-state index contributed by atoms with van der Waals surface area (Å²) in [6, 6.07) is 16.2. The van der Waals surface area contributed by atoms with Gasteiger partial charge in [-0.3, -0.25) is 14.4 Å². The lowest BCUT2D eigenvalue weighted by atomic mass is 9.93. The number of nitrogens with zero attached hydrogens (tertiary/aromatic N) is 2. The van der Waals surface area contributed by atoms with E-state index in [1.165, 1.54) is 6.92 Å². The van der Waals surface area contributed by atoms with Gasteiger partial charge in [0.2, 0.25) is 17.7 Å². The predicted octanol–water partition coefficient (Wildman–Crippen LogP) is 3.58. The number of anilines is 1. The van der Waals surface area contributed by atoms with E-state index < -0.39 is 6.04 Å². The number of rotatable bonds is 4. The fourth-order valence-corrected chi connectivity index (χ4v) is 4.28. The molecule has 2 aliphatic rings. The Morgan fingerprint density at radius 3 is 2.53 bits per heavy atom. The summed E-state index contributed by atoms with van der Waals surface area (Å²) in [4.78, 5) is 41.5. The molecular formula is C24H25N3O3. The third-order valence-corrected chi connectivity index (χ3v) is 5.75. The number of nitrogens with one attached hydrogen (secondary N) is 1. The van der Waals surface area contributed by atoms with Gasteiger partial charge in [0, 0.05) is 25.4 Å². The number of carbonyl (C=O) groups excluding carboxylic acids is 3. The molecule has 1 saturated heterocycles. The molecule has 2 unspecified atom stereocenters. The van der Waals surface area contributed by atoms with E-state index in [4.69, 9.17) is 0 Å². The summed E-state index contributed by atoms with van der Waals surface area (Å²) in [7, 11) is 0. The summed E-state index contributed by atoms with van der Waals surface area (Å²) in [5.74, 6) is -0.389. The Labute approximate surface area is 176 Å². The van der Waals surface area contributed by atoms with Gasteiger partial charge in [-0.05, 0) is 42.2 Å². The fraction of sp³-hybridized carbons (Fsp3) is 0.292. The molecule has 154 valence electrons. The van der Waals surface area contributed by atoms with Crippen LogP contribution in [-0.2, 0) is 14.4 Å². The van der Waals surface area contributed by atoms with Gasteiger partial charge in [0.1, 0.15) is 6.04 Å². The maximum absolute atomic E-state index is 13.2. The number of likely N-dealkylation sites (tertiary alicyclic amines) is 1. The summed E-state index contributed by atoms with van der Waals surface area (Å²) in [5, 5.41) is 2.91. The Bertz CT molecular complexity index is 986. The van der Waals surface area contributed by atoms with Gasteiger partial charge in [0.25, 0.3) is 0 Å². The highest BCUT2D eigenvalue weighted by Crippen LogP contribution is 2.34. The molecule has 1 fully saturated rings. The normalized spacial score (nSPS) is 20.0. The van der Waals surface area contributed by atoms with Crippen molar-refractivity contribution in [3.63, 3.8) is 0 Å². The highest BCUT2D eigenvalue weighted by atomic mass is 16.2. The number of hydrogen-bond donors (Lipinski definition) is 1. The predicted molar refractivity (Wildman–Crippen MR) is 115 cm³/mol. The van der Waals surface area contributed by atoms with E-state index in [-0.39, 0.29) is 30.2 Å². The topological polar surface area (TPSA) is 69.7 Å². The molecule has 2 aromatic rings. The zero-order valence-corrected chi connectivity index (χ0v) is 17.0. The van der Waals surface area contributed by atoms with Crippen molar-refractivity contribution in [2.75, 3.05) is 11.9 Å². The van der Waals surface area contributed by atoms with Crippen LogP contribution in [0.15, 0.2) is 60.8 Å². The Hall–Kier alpha value is -3.41. The monoisotopic (exact) mass is 403 g/mol. The summed E-state index contributed by atoms with van der Waals surface area (Å²) < 4.78 is 0. The lowest BCUT2D eigenvalue weighted by molar-refractivity contribution is -0.138. The van der Waals surface area contributed by atoms with Crippen LogP contribution >= 0.6 is 0 Å². The molecule has 3 amide bonds. The first-order valence-corrected chi connectivity index (χ1v) is 10.3. The Balaban J connectivity index is 1.51. The molecule has 0 aliphatic carbocycles. The van der Waals surface area contributed by atoms with E-state index in [0.29, 0.717) is 13.0 Å². The van der Waals surface area contributed by atoms with Crippen LogP contribution in [0.2, 0.25) is 0 Å². The van der Waals surface area contributed by atoms with Crippen molar-refractivity contribution in [3.8, 4) is 0 Å². The molecule has 6 heteroatoms. The van der Waals surface area contributed by atoms with Gasteiger partial charge in [-0.25, -0.2) is 0 Å². The number of carbonyl (C=O) groups is 3. The summed E-state index contributed by atoms with van der Waals surface area (Å²) in [6.07, 6.45) is 5.21. The van der Waals surface area contributed by atoms with Crippen LogP contribution in [0.3, 0.4) is 0 Å². The number of hydrogen-bond acceptors (Lipinski definition) is 3. The molecule has 4 rings (SSSR count). The van der Waals surface area contributed by atoms with Gasteiger partial charge in [-0.15, -0.1) is 0 Å². The smallest absolute Gasteiger partial charge is 0.247 e. The maximum Gasteiger partial charge on any atom is 0.247 e. The van der Waals surface area contributed by atoms with Crippen molar-refractivity contribution in [2.24, 2.45) is 0 Å². The average Bonchev–Trinajstić information content (AvgIpc) is 3.25. The number of fused-ring (bicyclic) bond motifs is 1. The number of para-hydroxylation sites is 1. The largest absolute Gasteiger partial charge is 0.331 e. The van der Waals surface area contributed by atoms with Crippen LogP contribution in [0, 0.1) is 0 Å². The van der Waals surface area contributed by atoms with Crippen molar-refractivity contribution in [3.05, 3.63) is 71.9 Å². The number of benzene rings is 2. The van der Waals surface area contributed by atoms with Crippen molar-refractivity contribution < 1.29 is 14.4 Å². The van der Waals surface area contributed by atoms with Crippen LogP contribution in [0.1, 0.15) is 43.4 Å². The van der Waals surface area contributed by atoms with E-state index in [0.717, 1.165) is 23.2 Å². The molecule has 0 bridgehead atoms. The molecule has 2 atom stereocenters. The van der Waals surface area contributed by atoms with E-state index in [2.05, 4.69) is 5.32 Å². The van der Waals surface area contributed by atoms with Crippen LogP contribution in [0.4, 0.5) is 5.69 Å². The molecule has 0 saturated carbocycles. The summed E-state index contributed by atoms with van der Waals surface area (Å²) >= 11 is 0. The standard InChI is InChI=1S/C24H25N3O3/c1-17(28)26-15-13-18-8-5-6-11-20(18)22(26)16-23(29)27-14-7-12-21(27)24(30)25-19-9-3-2-4-10-19/h2-6,8-11,13,15,21-22H,7,12,14,16H2,1H3,(H,25,30). The molecular weight excluding hydrogens is 378 g/mol. The first kappa shape index (κ1) is 19.9. The average molecular weight is 403 g/mol. The molecule has 2 aromatic carbocycles. The Morgan fingerprint density at radius 2 is 1.77 bits per heavy atom. The SMILES string of the molecule is CC(=O)N1C=Cc2ccccc2C1CC(=O)N1CCCC1C(=O)Nc1ccccc1. The van der Waals surface area contributed by atoms with Gasteiger partial charge < -0.3 is 15.1 Å². The second-order valence-corrected chi connectivity index (χ2v) is 7.69.